The maximum atomic E-state index is 13.3. The molecule has 0 radical (unpaired) electrons. The number of nitriles is 1. The minimum Gasteiger partial charge on any atom is -0.354 e. The molecule has 0 bridgehead atoms. The van der Waals surface area contributed by atoms with E-state index in [2.05, 4.69) is 12.2 Å². The molecule has 2 aromatic carbocycles. The van der Waals surface area contributed by atoms with Gasteiger partial charge in [-0.3, -0.25) is 14.5 Å². The number of aryl methyl sites for hydroxylation is 1. The van der Waals surface area contributed by atoms with E-state index in [4.69, 9.17) is 11.6 Å². The van der Waals surface area contributed by atoms with E-state index in [1.165, 1.54) is 23.7 Å². The molecule has 2 amide bonds. The summed E-state index contributed by atoms with van der Waals surface area (Å²) >= 11 is 7.50. The van der Waals surface area contributed by atoms with Crippen molar-refractivity contribution in [1.29, 1.82) is 5.26 Å². The molecular formula is C22H20ClN3O2S. The predicted octanol–water partition coefficient (Wildman–Crippen LogP) is 4.07. The maximum absolute atomic E-state index is 13.3. The fraction of sp³-hybridized carbons (Fsp3) is 0.227. The minimum atomic E-state index is -0.517. The van der Waals surface area contributed by atoms with Gasteiger partial charge in [-0.05, 0) is 42.2 Å². The van der Waals surface area contributed by atoms with Crippen LogP contribution in [0.3, 0.4) is 0 Å². The molecule has 5 nitrogen and oxygen atoms in total. The van der Waals surface area contributed by atoms with Crippen molar-refractivity contribution in [1.82, 2.24) is 5.32 Å². The molecule has 148 valence electrons. The van der Waals surface area contributed by atoms with Gasteiger partial charge in [0.2, 0.25) is 5.91 Å². The van der Waals surface area contributed by atoms with E-state index in [-0.39, 0.29) is 11.5 Å². The fourth-order valence-corrected chi connectivity index (χ4v) is 4.60. The highest BCUT2D eigenvalue weighted by Gasteiger charge is 2.40. The van der Waals surface area contributed by atoms with Crippen LogP contribution in [-0.4, -0.2) is 24.1 Å². The molecule has 1 fully saturated rings. The van der Waals surface area contributed by atoms with Crippen molar-refractivity contribution in [2.24, 2.45) is 0 Å². The Morgan fingerprint density at radius 1 is 1.24 bits per heavy atom. The second kappa shape index (κ2) is 9.17. The smallest absolute Gasteiger partial charge is 0.264 e. The average Bonchev–Trinajstić information content (AvgIpc) is 3.06. The van der Waals surface area contributed by atoms with Gasteiger partial charge in [0.25, 0.3) is 5.91 Å². The number of carbonyl (C=O) groups excluding carboxylic acids is 2. The van der Waals surface area contributed by atoms with Gasteiger partial charge in [-0.15, -0.1) is 0 Å². The number of rotatable bonds is 5. The molecule has 29 heavy (non-hydrogen) atoms. The van der Waals surface area contributed by atoms with Crippen molar-refractivity contribution >= 4 is 40.9 Å². The van der Waals surface area contributed by atoms with E-state index in [0.717, 1.165) is 17.5 Å². The van der Waals surface area contributed by atoms with Gasteiger partial charge in [-0.2, -0.15) is 5.26 Å². The van der Waals surface area contributed by atoms with Gasteiger partial charge in [0.05, 0.1) is 5.25 Å². The first-order chi connectivity index (χ1) is 14.0. The van der Waals surface area contributed by atoms with Crippen molar-refractivity contribution in [3.05, 3.63) is 75.3 Å². The van der Waals surface area contributed by atoms with Crippen molar-refractivity contribution in [3.63, 3.8) is 0 Å². The highest BCUT2D eigenvalue weighted by molar-refractivity contribution is 8.05. The van der Waals surface area contributed by atoms with E-state index in [9.17, 15) is 14.9 Å². The van der Waals surface area contributed by atoms with Crippen LogP contribution >= 0.6 is 23.4 Å². The predicted molar refractivity (Wildman–Crippen MR) is 117 cm³/mol. The summed E-state index contributed by atoms with van der Waals surface area (Å²) in [6.07, 6.45) is 1.28. The lowest BCUT2D eigenvalue weighted by Gasteiger charge is -2.19. The molecule has 1 saturated heterocycles. The van der Waals surface area contributed by atoms with Gasteiger partial charge in [-0.1, -0.05) is 60.6 Å². The fourth-order valence-electron chi connectivity index (χ4n) is 3.09. The van der Waals surface area contributed by atoms with Gasteiger partial charge in [0, 0.05) is 17.8 Å². The van der Waals surface area contributed by atoms with E-state index in [0.29, 0.717) is 22.2 Å². The molecule has 1 unspecified atom stereocenters. The standard InChI is InChI=1S/C22H20ClN3O2S/c1-3-14-8-10-16(11-9-14)26-21(28)19(12-15-6-4-5-7-18(15)23)29-22(26)17(13-24)20(27)25-2/h4-11,19H,3,12H2,1-2H3,(H,25,27)/b22-17-. The van der Waals surface area contributed by atoms with Gasteiger partial charge in [0.1, 0.15) is 16.7 Å². The van der Waals surface area contributed by atoms with Crippen LogP contribution in [0.2, 0.25) is 5.02 Å². The SMILES string of the molecule is CCc1ccc(N2C(=O)C(Cc3ccccc3Cl)S/C2=C(/C#N)C(=O)NC)cc1. The molecule has 2 aromatic rings. The number of benzene rings is 2. The molecule has 1 heterocycles. The number of nitrogens with zero attached hydrogens (tertiary/aromatic N) is 2. The van der Waals surface area contributed by atoms with Gasteiger partial charge in [0.15, 0.2) is 0 Å². The van der Waals surface area contributed by atoms with E-state index in [1.54, 1.807) is 6.07 Å². The Labute approximate surface area is 179 Å². The van der Waals surface area contributed by atoms with Crippen molar-refractivity contribution in [2.75, 3.05) is 11.9 Å². The van der Waals surface area contributed by atoms with Crippen LogP contribution in [0.4, 0.5) is 5.69 Å². The molecule has 1 N–H and O–H groups in total. The van der Waals surface area contributed by atoms with E-state index < -0.39 is 11.2 Å². The first-order valence-electron chi connectivity index (χ1n) is 9.19. The molecule has 1 aliphatic heterocycles. The number of hydrogen-bond donors (Lipinski definition) is 1. The Kier molecular flexibility index (Phi) is 6.63. The number of thioether (sulfide) groups is 1. The lowest BCUT2D eigenvalue weighted by atomic mass is 10.1. The topological polar surface area (TPSA) is 73.2 Å². The number of likely N-dealkylation sites (N-methyl/N-ethyl adjacent to an activating group) is 1. The number of hydrogen-bond acceptors (Lipinski definition) is 4. The van der Waals surface area contributed by atoms with Crippen LogP contribution in [0.1, 0.15) is 18.1 Å². The number of halogens is 1. The maximum Gasteiger partial charge on any atom is 0.264 e. The molecule has 0 saturated carbocycles. The Bertz CT molecular complexity index is 1010. The zero-order chi connectivity index (χ0) is 21.0. The monoisotopic (exact) mass is 425 g/mol. The molecular weight excluding hydrogens is 406 g/mol. The highest BCUT2D eigenvalue weighted by Crippen LogP contribution is 2.42. The third-order valence-electron chi connectivity index (χ3n) is 4.70. The third-order valence-corrected chi connectivity index (χ3v) is 6.33. The zero-order valence-corrected chi connectivity index (χ0v) is 17.7. The highest BCUT2D eigenvalue weighted by atomic mass is 35.5. The summed E-state index contributed by atoms with van der Waals surface area (Å²) in [6, 6.07) is 16.9. The normalized spacial score (nSPS) is 17.8. The van der Waals surface area contributed by atoms with Crippen LogP contribution in [0.25, 0.3) is 0 Å². The summed E-state index contributed by atoms with van der Waals surface area (Å²) in [4.78, 5) is 27.0. The Morgan fingerprint density at radius 3 is 2.52 bits per heavy atom. The summed E-state index contributed by atoms with van der Waals surface area (Å²) < 4.78 is 0. The van der Waals surface area contributed by atoms with Crippen LogP contribution < -0.4 is 10.2 Å². The van der Waals surface area contributed by atoms with Crippen LogP contribution in [0, 0.1) is 11.3 Å². The Morgan fingerprint density at radius 2 is 1.93 bits per heavy atom. The quantitative estimate of drug-likeness (QED) is 0.578. The largest absolute Gasteiger partial charge is 0.354 e. The summed E-state index contributed by atoms with van der Waals surface area (Å²) in [5.41, 5.74) is 2.54. The first-order valence-corrected chi connectivity index (χ1v) is 10.4. The van der Waals surface area contributed by atoms with Crippen molar-refractivity contribution in [3.8, 4) is 6.07 Å². The summed E-state index contributed by atoms with van der Waals surface area (Å²) in [7, 11) is 1.46. The number of amides is 2. The summed E-state index contributed by atoms with van der Waals surface area (Å²) in [6.45, 7) is 2.05. The molecule has 0 aromatic heterocycles. The summed E-state index contributed by atoms with van der Waals surface area (Å²) in [5.74, 6) is -0.692. The summed E-state index contributed by atoms with van der Waals surface area (Å²) in [5, 5.41) is 12.5. The van der Waals surface area contributed by atoms with E-state index >= 15 is 0 Å². The van der Waals surface area contributed by atoms with E-state index in [1.807, 2.05) is 48.5 Å². The lowest BCUT2D eigenvalue weighted by Crippen LogP contribution is -2.31. The number of nitrogens with one attached hydrogen (secondary N) is 1. The molecule has 1 atom stereocenters. The first kappa shape index (κ1) is 21.0. The van der Waals surface area contributed by atoms with Crippen molar-refractivity contribution in [2.45, 2.75) is 25.0 Å². The second-order valence-corrected chi connectivity index (χ2v) is 8.07. The Balaban J connectivity index is 2.05. The number of carbonyl (C=O) groups is 2. The minimum absolute atomic E-state index is 0.0768. The average molecular weight is 426 g/mol. The molecule has 0 spiro atoms. The lowest BCUT2D eigenvalue weighted by molar-refractivity contribution is -0.117. The zero-order valence-electron chi connectivity index (χ0n) is 16.1. The number of anilines is 1. The van der Waals surface area contributed by atoms with Gasteiger partial charge < -0.3 is 5.32 Å². The molecule has 3 rings (SSSR count). The van der Waals surface area contributed by atoms with Gasteiger partial charge >= 0.3 is 0 Å². The van der Waals surface area contributed by atoms with Crippen molar-refractivity contribution < 1.29 is 9.59 Å². The van der Waals surface area contributed by atoms with Crippen LogP contribution in [0.15, 0.2) is 59.1 Å². The molecule has 0 aliphatic carbocycles. The molecule has 1 aliphatic rings. The Hall–Kier alpha value is -2.75. The second-order valence-electron chi connectivity index (χ2n) is 6.47. The van der Waals surface area contributed by atoms with Gasteiger partial charge in [-0.25, -0.2) is 0 Å². The van der Waals surface area contributed by atoms with Crippen LogP contribution in [-0.2, 0) is 22.4 Å². The van der Waals surface area contributed by atoms with Crippen LogP contribution in [0.5, 0.6) is 0 Å². The third kappa shape index (κ3) is 4.31. The molecule has 7 heteroatoms.